The molecule has 0 bridgehead atoms. The largest absolute Gasteiger partial charge is 0.396 e. The summed E-state index contributed by atoms with van der Waals surface area (Å²) in [6.07, 6.45) is 4.37. The molecule has 1 heterocycles. The summed E-state index contributed by atoms with van der Waals surface area (Å²) in [6.45, 7) is 5.06. The number of anilines is 2. The van der Waals surface area contributed by atoms with E-state index in [1.165, 1.54) is 0 Å². The van der Waals surface area contributed by atoms with E-state index in [9.17, 15) is 0 Å². The molecule has 0 atom stereocenters. The van der Waals surface area contributed by atoms with Crippen LogP contribution in [0.1, 0.15) is 20.3 Å². The molecule has 90 valence electrons. The summed E-state index contributed by atoms with van der Waals surface area (Å²) in [5.74, 6) is 0. The third kappa shape index (κ3) is 3.38. The highest BCUT2D eigenvalue weighted by Gasteiger charge is 2.17. The van der Waals surface area contributed by atoms with E-state index in [2.05, 4.69) is 23.7 Å². The first-order chi connectivity index (χ1) is 7.46. The maximum atomic E-state index is 5.86. The second-order valence-corrected chi connectivity index (χ2v) is 4.57. The summed E-state index contributed by atoms with van der Waals surface area (Å²) < 4.78 is 5.38. The van der Waals surface area contributed by atoms with E-state index < -0.39 is 0 Å². The predicted octanol–water partition coefficient (Wildman–Crippen LogP) is 1.92. The number of hydrogen-bond donors (Lipinski definition) is 1. The van der Waals surface area contributed by atoms with Gasteiger partial charge in [-0.3, -0.25) is 4.98 Å². The average Bonchev–Trinajstić information content (AvgIpc) is 2.27. The minimum absolute atomic E-state index is 0.101. The van der Waals surface area contributed by atoms with E-state index in [0.29, 0.717) is 5.69 Å². The molecule has 0 saturated heterocycles. The molecule has 0 aliphatic carbocycles. The Morgan fingerprint density at radius 1 is 1.50 bits per heavy atom. The molecule has 0 saturated carbocycles. The van der Waals surface area contributed by atoms with E-state index in [-0.39, 0.29) is 5.60 Å². The Bertz CT molecular complexity index is 339. The number of aromatic nitrogens is 1. The zero-order valence-corrected chi connectivity index (χ0v) is 10.5. The first-order valence-electron chi connectivity index (χ1n) is 5.42. The summed E-state index contributed by atoms with van der Waals surface area (Å²) in [6, 6.07) is 1.93. The molecule has 0 amide bonds. The van der Waals surface area contributed by atoms with Crippen LogP contribution in [0.5, 0.6) is 0 Å². The molecular weight excluding hydrogens is 202 g/mol. The van der Waals surface area contributed by atoms with Crippen molar-refractivity contribution in [1.29, 1.82) is 0 Å². The van der Waals surface area contributed by atoms with Crippen LogP contribution >= 0.6 is 0 Å². The third-order valence-corrected chi connectivity index (χ3v) is 2.84. The number of ether oxygens (including phenoxy) is 1. The smallest absolute Gasteiger partial charge is 0.0738 e. The van der Waals surface area contributed by atoms with E-state index in [0.717, 1.165) is 18.7 Å². The highest BCUT2D eigenvalue weighted by atomic mass is 16.5. The van der Waals surface area contributed by atoms with Crippen LogP contribution in [-0.4, -0.2) is 31.3 Å². The molecule has 0 aliphatic rings. The highest BCUT2D eigenvalue weighted by molar-refractivity contribution is 5.65. The van der Waals surface area contributed by atoms with Gasteiger partial charge in [-0.2, -0.15) is 0 Å². The molecule has 0 fully saturated rings. The Balaban J connectivity index is 2.60. The fraction of sp³-hybridized carbons (Fsp3) is 0.583. The quantitative estimate of drug-likeness (QED) is 0.828. The number of hydrogen-bond acceptors (Lipinski definition) is 4. The maximum absolute atomic E-state index is 5.86. The normalized spacial score (nSPS) is 11.5. The molecule has 0 spiro atoms. The monoisotopic (exact) mass is 223 g/mol. The molecule has 1 aromatic rings. The Morgan fingerprint density at radius 3 is 2.75 bits per heavy atom. The lowest BCUT2D eigenvalue weighted by Gasteiger charge is -2.27. The van der Waals surface area contributed by atoms with Gasteiger partial charge in [0.1, 0.15) is 0 Å². The van der Waals surface area contributed by atoms with E-state index in [4.69, 9.17) is 10.5 Å². The van der Waals surface area contributed by atoms with Gasteiger partial charge in [0.15, 0.2) is 0 Å². The Labute approximate surface area is 97.4 Å². The SMILES string of the molecule is COC(C)(C)CCN(C)c1ccncc1N. The van der Waals surface area contributed by atoms with Crippen LogP contribution in [0, 0.1) is 0 Å². The van der Waals surface area contributed by atoms with Crippen molar-refractivity contribution in [2.45, 2.75) is 25.9 Å². The van der Waals surface area contributed by atoms with Crippen molar-refractivity contribution in [1.82, 2.24) is 4.98 Å². The van der Waals surface area contributed by atoms with Crippen LogP contribution < -0.4 is 10.6 Å². The van der Waals surface area contributed by atoms with Crippen molar-refractivity contribution in [2.24, 2.45) is 0 Å². The number of pyridine rings is 1. The molecular formula is C12H21N3O. The molecule has 4 heteroatoms. The van der Waals surface area contributed by atoms with Gasteiger partial charge in [0, 0.05) is 26.9 Å². The van der Waals surface area contributed by atoms with Crippen LogP contribution in [-0.2, 0) is 4.74 Å². The van der Waals surface area contributed by atoms with Crippen LogP contribution in [0.3, 0.4) is 0 Å². The molecule has 0 aliphatic heterocycles. The third-order valence-electron chi connectivity index (χ3n) is 2.84. The fourth-order valence-electron chi connectivity index (χ4n) is 1.41. The zero-order chi connectivity index (χ0) is 12.2. The van der Waals surface area contributed by atoms with E-state index in [1.807, 2.05) is 13.1 Å². The maximum Gasteiger partial charge on any atom is 0.0738 e. The summed E-state index contributed by atoms with van der Waals surface area (Å²) in [4.78, 5) is 6.10. The van der Waals surface area contributed by atoms with Gasteiger partial charge < -0.3 is 15.4 Å². The second-order valence-electron chi connectivity index (χ2n) is 4.57. The first-order valence-corrected chi connectivity index (χ1v) is 5.42. The van der Waals surface area contributed by atoms with Gasteiger partial charge in [0.05, 0.1) is 23.2 Å². The number of rotatable bonds is 5. The number of methoxy groups -OCH3 is 1. The molecule has 1 aromatic heterocycles. The van der Waals surface area contributed by atoms with E-state index in [1.54, 1.807) is 19.5 Å². The van der Waals surface area contributed by atoms with Crippen molar-refractivity contribution in [3.05, 3.63) is 18.5 Å². The fourth-order valence-corrected chi connectivity index (χ4v) is 1.41. The molecule has 16 heavy (non-hydrogen) atoms. The molecule has 0 radical (unpaired) electrons. The Hall–Kier alpha value is -1.29. The molecule has 0 aromatic carbocycles. The highest BCUT2D eigenvalue weighted by Crippen LogP contribution is 2.22. The van der Waals surface area contributed by atoms with Crippen molar-refractivity contribution in [2.75, 3.05) is 31.3 Å². The van der Waals surface area contributed by atoms with Gasteiger partial charge in [-0.05, 0) is 26.3 Å². The Kier molecular flexibility index (Phi) is 4.12. The Morgan fingerprint density at radius 2 is 2.19 bits per heavy atom. The number of nitrogens with two attached hydrogens (primary N) is 1. The van der Waals surface area contributed by atoms with Crippen molar-refractivity contribution >= 4 is 11.4 Å². The second kappa shape index (κ2) is 5.16. The van der Waals surface area contributed by atoms with Crippen molar-refractivity contribution < 1.29 is 4.74 Å². The lowest BCUT2D eigenvalue weighted by atomic mass is 10.1. The van der Waals surface area contributed by atoms with Crippen molar-refractivity contribution in [3.8, 4) is 0 Å². The first kappa shape index (κ1) is 12.8. The minimum atomic E-state index is -0.101. The van der Waals surface area contributed by atoms with Gasteiger partial charge in [0.2, 0.25) is 0 Å². The number of nitrogen functional groups attached to an aromatic ring is 1. The summed E-state index contributed by atoms with van der Waals surface area (Å²) in [5, 5.41) is 0. The lowest BCUT2D eigenvalue weighted by molar-refractivity contribution is 0.0174. The minimum Gasteiger partial charge on any atom is -0.396 e. The van der Waals surface area contributed by atoms with Gasteiger partial charge in [-0.1, -0.05) is 0 Å². The van der Waals surface area contributed by atoms with Gasteiger partial charge >= 0.3 is 0 Å². The van der Waals surface area contributed by atoms with Crippen LogP contribution in [0.4, 0.5) is 11.4 Å². The van der Waals surface area contributed by atoms with E-state index >= 15 is 0 Å². The molecule has 2 N–H and O–H groups in total. The predicted molar refractivity (Wildman–Crippen MR) is 67.6 cm³/mol. The van der Waals surface area contributed by atoms with Crippen LogP contribution in [0.2, 0.25) is 0 Å². The zero-order valence-electron chi connectivity index (χ0n) is 10.5. The van der Waals surface area contributed by atoms with Crippen LogP contribution in [0.25, 0.3) is 0 Å². The van der Waals surface area contributed by atoms with Gasteiger partial charge in [-0.15, -0.1) is 0 Å². The summed E-state index contributed by atoms with van der Waals surface area (Å²) in [7, 11) is 3.76. The standard InChI is InChI=1S/C12H21N3O/c1-12(2,16-4)6-8-15(3)11-5-7-14-9-10(11)13/h5,7,9H,6,8,13H2,1-4H3. The molecule has 0 unspecified atom stereocenters. The van der Waals surface area contributed by atoms with Crippen molar-refractivity contribution in [3.63, 3.8) is 0 Å². The summed E-state index contributed by atoms with van der Waals surface area (Å²) in [5.41, 5.74) is 7.48. The molecule has 4 nitrogen and oxygen atoms in total. The average molecular weight is 223 g/mol. The molecule has 1 rings (SSSR count). The number of nitrogens with zero attached hydrogens (tertiary/aromatic N) is 2. The van der Waals surface area contributed by atoms with Gasteiger partial charge in [0.25, 0.3) is 0 Å². The van der Waals surface area contributed by atoms with Crippen LogP contribution in [0.15, 0.2) is 18.5 Å². The lowest BCUT2D eigenvalue weighted by Crippen LogP contribution is -2.30. The topological polar surface area (TPSA) is 51.4 Å². The van der Waals surface area contributed by atoms with Gasteiger partial charge in [-0.25, -0.2) is 0 Å². The summed E-state index contributed by atoms with van der Waals surface area (Å²) >= 11 is 0.